The molecule has 0 aliphatic carbocycles. The fourth-order valence-corrected chi connectivity index (χ4v) is 0.550. The molecule has 0 atom stereocenters. The molecule has 0 fully saturated rings. The molecule has 14 heavy (non-hydrogen) atoms. The van der Waals surface area contributed by atoms with E-state index in [-0.39, 0.29) is 6.47 Å². The lowest BCUT2D eigenvalue weighted by Gasteiger charge is -2.01. The van der Waals surface area contributed by atoms with E-state index in [9.17, 15) is 19.2 Å². The summed E-state index contributed by atoms with van der Waals surface area (Å²) in [6.07, 6.45) is 0. The first-order valence-corrected chi connectivity index (χ1v) is 2.96. The zero-order valence-corrected chi connectivity index (χ0v) is 6.46. The SMILES string of the molecule is O=COC(C(=O)O)=C(C(=O)O)C(=O)O. The van der Waals surface area contributed by atoms with Gasteiger partial charge >= 0.3 is 17.9 Å². The highest BCUT2D eigenvalue weighted by Crippen LogP contribution is 2.06. The van der Waals surface area contributed by atoms with Crippen LogP contribution in [0.15, 0.2) is 11.3 Å². The van der Waals surface area contributed by atoms with Crippen molar-refractivity contribution in [3.8, 4) is 0 Å². The van der Waals surface area contributed by atoms with Gasteiger partial charge in [-0.25, -0.2) is 14.4 Å². The Kier molecular flexibility index (Phi) is 3.82. The Bertz CT molecular complexity index is 309. The van der Waals surface area contributed by atoms with Crippen molar-refractivity contribution in [2.24, 2.45) is 0 Å². The van der Waals surface area contributed by atoms with Crippen LogP contribution in [0.3, 0.4) is 0 Å². The van der Waals surface area contributed by atoms with Crippen LogP contribution in [-0.2, 0) is 23.9 Å². The normalized spacial score (nSPS) is 8.57. The van der Waals surface area contributed by atoms with Gasteiger partial charge in [-0.1, -0.05) is 0 Å². The van der Waals surface area contributed by atoms with E-state index in [2.05, 4.69) is 4.74 Å². The van der Waals surface area contributed by atoms with Gasteiger partial charge in [0, 0.05) is 0 Å². The van der Waals surface area contributed by atoms with Gasteiger partial charge in [-0.2, -0.15) is 0 Å². The lowest BCUT2D eigenvalue weighted by Crippen LogP contribution is -2.19. The third-order valence-electron chi connectivity index (χ3n) is 1.01. The summed E-state index contributed by atoms with van der Waals surface area (Å²) in [6.45, 7) is -0.380. The molecule has 0 rings (SSSR count). The van der Waals surface area contributed by atoms with E-state index in [1.165, 1.54) is 0 Å². The summed E-state index contributed by atoms with van der Waals surface area (Å²) in [5.74, 6) is -7.44. The molecule has 0 spiro atoms. The van der Waals surface area contributed by atoms with Gasteiger partial charge in [0.15, 0.2) is 5.57 Å². The minimum atomic E-state index is -2.02. The first kappa shape index (κ1) is 11.6. The van der Waals surface area contributed by atoms with E-state index in [0.717, 1.165) is 0 Å². The molecule has 0 amide bonds. The number of carbonyl (C=O) groups excluding carboxylic acids is 1. The highest BCUT2D eigenvalue weighted by atomic mass is 16.5. The Morgan fingerprint density at radius 2 is 1.36 bits per heavy atom. The first-order valence-electron chi connectivity index (χ1n) is 2.96. The summed E-state index contributed by atoms with van der Waals surface area (Å²) in [5.41, 5.74) is -1.52. The molecule has 8 heteroatoms. The first-order chi connectivity index (χ1) is 6.41. The minimum absolute atomic E-state index is 0.380. The van der Waals surface area contributed by atoms with Crippen molar-refractivity contribution in [2.45, 2.75) is 0 Å². The van der Waals surface area contributed by atoms with E-state index in [0.29, 0.717) is 0 Å². The molecule has 0 aliphatic rings. The molecule has 0 saturated heterocycles. The van der Waals surface area contributed by atoms with Crippen molar-refractivity contribution < 1.29 is 39.2 Å². The highest BCUT2D eigenvalue weighted by molar-refractivity contribution is 6.17. The molecule has 8 nitrogen and oxygen atoms in total. The molecule has 0 saturated carbocycles. The van der Waals surface area contributed by atoms with Gasteiger partial charge in [0.1, 0.15) is 0 Å². The zero-order valence-electron chi connectivity index (χ0n) is 6.46. The molecule has 0 aromatic rings. The molecule has 0 aromatic heterocycles. The number of hydrogen-bond donors (Lipinski definition) is 3. The summed E-state index contributed by atoms with van der Waals surface area (Å²) in [5, 5.41) is 24.9. The van der Waals surface area contributed by atoms with Gasteiger partial charge in [-0.15, -0.1) is 0 Å². The fraction of sp³-hybridized carbons (Fsp3) is 0. The van der Waals surface area contributed by atoms with Crippen molar-refractivity contribution in [2.75, 3.05) is 0 Å². The Balaban J connectivity index is 5.48. The standard InChI is InChI=1S/C6H4O8/c7-1-14-3(6(12)13)2(4(8)9)5(10)11/h1H,(H,8,9)(H,10,11)(H,12,13). The summed E-state index contributed by atoms with van der Waals surface area (Å²) in [7, 11) is 0. The molecule has 0 bridgehead atoms. The third kappa shape index (κ3) is 2.59. The Morgan fingerprint density at radius 3 is 1.57 bits per heavy atom. The van der Waals surface area contributed by atoms with Gasteiger partial charge in [0.25, 0.3) is 6.47 Å². The monoisotopic (exact) mass is 204 g/mol. The van der Waals surface area contributed by atoms with Crippen LogP contribution < -0.4 is 0 Å². The molecule has 0 unspecified atom stereocenters. The smallest absolute Gasteiger partial charge is 0.373 e. The second-order valence-electron chi connectivity index (χ2n) is 1.83. The maximum Gasteiger partial charge on any atom is 0.373 e. The average Bonchev–Trinajstić information content (AvgIpc) is 2.01. The van der Waals surface area contributed by atoms with Crippen molar-refractivity contribution in [3.05, 3.63) is 11.3 Å². The number of aliphatic carboxylic acids is 3. The molecule has 0 radical (unpaired) electrons. The van der Waals surface area contributed by atoms with Crippen molar-refractivity contribution >= 4 is 24.4 Å². The Hall–Kier alpha value is -2.38. The Morgan fingerprint density at radius 1 is 0.929 bits per heavy atom. The maximum atomic E-state index is 10.3. The van der Waals surface area contributed by atoms with Crippen LogP contribution in [0.5, 0.6) is 0 Å². The predicted molar refractivity (Wildman–Crippen MR) is 37.1 cm³/mol. The second kappa shape index (κ2) is 4.60. The summed E-state index contributed by atoms with van der Waals surface area (Å²) < 4.78 is 3.73. The van der Waals surface area contributed by atoms with Crippen molar-refractivity contribution in [1.29, 1.82) is 0 Å². The van der Waals surface area contributed by atoms with Crippen LogP contribution in [0.25, 0.3) is 0 Å². The largest absolute Gasteiger partial charge is 0.477 e. The molecule has 0 aromatic carbocycles. The van der Waals surface area contributed by atoms with E-state index >= 15 is 0 Å². The zero-order chi connectivity index (χ0) is 11.3. The number of carboxylic acid groups (broad SMARTS) is 3. The van der Waals surface area contributed by atoms with Crippen molar-refractivity contribution in [3.63, 3.8) is 0 Å². The molecule has 0 heterocycles. The second-order valence-corrected chi connectivity index (χ2v) is 1.83. The van der Waals surface area contributed by atoms with E-state index in [1.54, 1.807) is 0 Å². The summed E-state index contributed by atoms with van der Waals surface area (Å²) in [4.78, 5) is 40.6. The van der Waals surface area contributed by atoms with Crippen LogP contribution in [-0.4, -0.2) is 39.7 Å². The van der Waals surface area contributed by atoms with E-state index in [1.807, 2.05) is 0 Å². The number of carbonyl (C=O) groups is 4. The van der Waals surface area contributed by atoms with E-state index in [4.69, 9.17) is 15.3 Å². The predicted octanol–water partition coefficient (Wildman–Crippen LogP) is -1.33. The lowest BCUT2D eigenvalue weighted by molar-refractivity contribution is -0.146. The van der Waals surface area contributed by atoms with Crippen LogP contribution in [0.4, 0.5) is 0 Å². The van der Waals surface area contributed by atoms with Crippen LogP contribution in [0.1, 0.15) is 0 Å². The lowest BCUT2D eigenvalue weighted by atomic mass is 10.2. The fourth-order valence-electron chi connectivity index (χ4n) is 0.550. The molecule has 3 N–H and O–H groups in total. The number of rotatable bonds is 5. The number of hydrogen-bond acceptors (Lipinski definition) is 5. The van der Waals surface area contributed by atoms with Crippen LogP contribution in [0.2, 0.25) is 0 Å². The third-order valence-corrected chi connectivity index (χ3v) is 1.01. The average molecular weight is 204 g/mol. The quantitative estimate of drug-likeness (QED) is 0.164. The van der Waals surface area contributed by atoms with Gasteiger partial charge in [-0.3, -0.25) is 4.79 Å². The van der Waals surface area contributed by atoms with Gasteiger partial charge < -0.3 is 20.1 Å². The van der Waals surface area contributed by atoms with Crippen LogP contribution in [0, 0.1) is 0 Å². The number of carboxylic acids is 3. The molecular formula is C6H4O8. The highest BCUT2D eigenvalue weighted by Gasteiger charge is 2.28. The topological polar surface area (TPSA) is 138 Å². The maximum absolute atomic E-state index is 10.3. The summed E-state index contributed by atoms with van der Waals surface area (Å²) in [6, 6.07) is 0. The van der Waals surface area contributed by atoms with Gasteiger partial charge in [-0.05, 0) is 0 Å². The Labute approximate surface area is 76.0 Å². The minimum Gasteiger partial charge on any atom is -0.477 e. The van der Waals surface area contributed by atoms with Crippen LogP contribution >= 0.6 is 0 Å². The van der Waals surface area contributed by atoms with Gasteiger partial charge in [0.2, 0.25) is 5.76 Å². The van der Waals surface area contributed by atoms with E-state index < -0.39 is 29.2 Å². The number of ether oxygens (including phenoxy) is 1. The molecule has 76 valence electrons. The van der Waals surface area contributed by atoms with Crippen molar-refractivity contribution in [1.82, 2.24) is 0 Å². The van der Waals surface area contributed by atoms with Gasteiger partial charge in [0.05, 0.1) is 0 Å². The molecule has 0 aliphatic heterocycles. The molecular weight excluding hydrogens is 200 g/mol. The summed E-state index contributed by atoms with van der Waals surface area (Å²) >= 11 is 0.